The number of amides is 1. The molecule has 2 rings (SSSR count). The minimum atomic E-state index is -0.0159. The molecule has 0 aliphatic heterocycles. The van der Waals surface area contributed by atoms with Crippen LogP contribution in [0.25, 0.3) is 11.4 Å². The van der Waals surface area contributed by atoms with Crippen molar-refractivity contribution in [3.05, 3.63) is 30.2 Å². The lowest BCUT2D eigenvalue weighted by atomic mass is 10.2. The van der Waals surface area contributed by atoms with Crippen LogP contribution in [0.1, 0.15) is 25.7 Å². The molecule has 1 aromatic carbocycles. The van der Waals surface area contributed by atoms with E-state index in [0.717, 1.165) is 11.3 Å². The fourth-order valence-electron chi connectivity index (χ4n) is 2.02. The molecule has 0 saturated heterocycles. The van der Waals surface area contributed by atoms with Gasteiger partial charge in [-0.3, -0.25) is 4.79 Å². The highest BCUT2D eigenvalue weighted by Crippen LogP contribution is 2.20. The number of rotatable bonds is 8. The molecular weight excluding hydrogens is 332 g/mol. The van der Waals surface area contributed by atoms with Crippen LogP contribution >= 0.6 is 12.4 Å². The predicted molar refractivity (Wildman–Crippen MR) is 93.1 cm³/mol. The van der Waals surface area contributed by atoms with E-state index < -0.39 is 0 Å². The van der Waals surface area contributed by atoms with Crippen molar-refractivity contribution in [1.29, 1.82) is 0 Å². The molecule has 0 unspecified atom stereocenters. The molecule has 1 atom stereocenters. The highest BCUT2D eigenvalue weighted by atomic mass is 35.5. The minimum absolute atomic E-state index is 0. The molecule has 2 aromatic rings. The van der Waals surface area contributed by atoms with E-state index in [1.165, 1.54) is 0 Å². The molecular formula is C16H23ClN4O3. The van der Waals surface area contributed by atoms with Gasteiger partial charge < -0.3 is 20.3 Å². The van der Waals surface area contributed by atoms with Crippen molar-refractivity contribution in [2.75, 3.05) is 13.7 Å². The van der Waals surface area contributed by atoms with Crippen molar-refractivity contribution in [2.45, 2.75) is 32.2 Å². The Bertz CT molecular complexity index is 631. The van der Waals surface area contributed by atoms with Crippen molar-refractivity contribution < 1.29 is 14.1 Å². The molecule has 0 bridgehead atoms. The third-order valence-corrected chi connectivity index (χ3v) is 3.37. The van der Waals surface area contributed by atoms with Gasteiger partial charge in [0.05, 0.1) is 7.11 Å². The molecule has 8 heteroatoms. The van der Waals surface area contributed by atoms with E-state index in [1.807, 2.05) is 31.2 Å². The Labute approximate surface area is 147 Å². The first-order chi connectivity index (χ1) is 11.1. The number of nitrogens with one attached hydrogen (secondary N) is 1. The number of nitrogens with two attached hydrogens (primary N) is 1. The van der Waals surface area contributed by atoms with Gasteiger partial charge >= 0.3 is 0 Å². The summed E-state index contributed by atoms with van der Waals surface area (Å²) < 4.78 is 10.3. The van der Waals surface area contributed by atoms with E-state index in [1.54, 1.807) is 7.11 Å². The van der Waals surface area contributed by atoms with Crippen molar-refractivity contribution in [2.24, 2.45) is 5.73 Å². The molecule has 1 aromatic heterocycles. The topological polar surface area (TPSA) is 103 Å². The van der Waals surface area contributed by atoms with Crippen LogP contribution in [-0.2, 0) is 11.2 Å². The number of methoxy groups -OCH3 is 1. The lowest BCUT2D eigenvalue weighted by Gasteiger charge is -2.10. The van der Waals surface area contributed by atoms with E-state index in [4.69, 9.17) is 15.0 Å². The van der Waals surface area contributed by atoms with Crippen LogP contribution < -0.4 is 15.8 Å². The van der Waals surface area contributed by atoms with Crippen LogP contribution in [0.5, 0.6) is 5.75 Å². The number of ether oxygens (including phenoxy) is 1. The molecule has 3 N–H and O–H groups in total. The van der Waals surface area contributed by atoms with Crippen LogP contribution in [0.2, 0.25) is 0 Å². The second-order valence-electron chi connectivity index (χ2n) is 5.30. The minimum Gasteiger partial charge on any atom is -0.497 e. The summed E-state index contributed by atoms with van der Waals surface area (Å²) in [5.74, 6) is 1.81. The first-order valence-electron chi connectivity index (χ1n) is 7.59. The van der Waals surface area contributed by atoms with Crippen LogP contribution in [0.3, 0.4) is 0 Å². The highest BCUT2D eigenvalue weighted by molar-refractivity contribution is 5.85. The van der Waals surface area contributed by atoms with Gasteiger partial charge in [0, 0.05) is 31.0 Å². The zero-order valence-corrected chi connectivity index (χ0v) is 14.6. The summed E-state index contributed by atoms with van der Waals surface area (Å²) in [5, 5.41) is 6.77. The Kier molecular flexibility index (Phi) is 8.21. The first-order valence-corrected chi connectivity index (χ1v) is 7.59. The van der Waals surface area contributed by atoms with Crippen LogP contribution in [-0.4, -0.2) is 35.7 Å². The van der Waals surface area contributed by atoms with Crippen LogP contribution in [0, 0.1) is 0 Å². The molecule has 0 spiro atoms. The Balaban J connectivity index is 0.00000288. The van der Waals surface area contributed by atoms with Gasteiger partial charge in [0.2, 0.25) is 17.6 Å². The Morgan fingerprint density at radius 1 is 1.38 bits per heavy atom. The average Bonchev–Trinajstić information content (AvgIpc) is 3.03. The summed E-state index contributed by atoms with van der Waals surface area (Å²) in [6.07, 6.45) is 1.62. The summed E-state index contributed by atoms with van der Waals surface area (Å²) in [5.41, 5.74) is 6.32. The summed E-state index contributed by atoms with van der Waals surface area (Å²) in [6, 6.07) is 7.42. The number of carbonyl (C=O) groups excluding carboxylic acids is 1. The van der Waals surface area contributed by atoms with Crippen molar-refractivity contribution in [3.63, 3.8) is 0 Å². The zero-order chi connectivity index (χ0) is 16.7. The molecule has 0 aliphatic rings. The largest absolute Gasteiger partial charge is 0.497 e. The molecule has 0 saturated carbocycles. The number of hydrogen-bond donors (Lipinski definition) is 2. The summed E-state index contributed by atoms with van der Waals surface area (Å²) in [4.78, 5) is 16.0. The van der Waals surface area contributed by atoms with Gasteiger partial charge in [-0.05, 0) is 37.6 Å². The van der Waals surface area contributed by atoms with Gasteiger partial charge in [-0.2, -0.15) is 4.98 Å². The zero-order valence-electron chi connectivity index (χ0n) is 13.8. The molecule has 0 radical (unpaired) electrons. The lowest BCUT2D eigenvalue weighted by molar-refractivity contribution is -0.121. The predicted octanol–water partition coefficient (Wildman–Crippen LogP) is 1.95. The Hall–Kier alpha value is -2.12. The molecule has 1 amide bonds. The number of aryl methyl sites for hydroxylation is 1. The van der Waals surface area contributed by atoms with Crippen molar-refractivity contribution in [3.8, 4) is 17.1 Å². The summed E-state index contributed by atoms with van der Waals surface area (Å²) in [7, 11) is 1.62. The smallest absolute Gasteiger partial charge is 0.226 e. The summed E-state index contributed by atoms with van der Waals surface area (Å²) in [6.45, 7) is 2.30. The van der Waals surface area contributed by atoms with Crippen molar-refractivity contribution in [1.82, 2.24) is 15.5 Å². The van der Waals surface area contributed by atoms with Crippen molar-refractivity contribution >= 4 is 18.3 Å². The van der Waals surface area contributed by atoms with Gasteiger partial charge in [-0.25, -0.2) is 0 Å². The van der Waals surface area contributed by atoms with E-state index in [0.29, 0.717) is 37.5 Å². The van der Waals surface area contributed by atoms with E-state index in [9.17, 15) is 4.79 Å². The Morgan fingerprint density at radius 2 is 2.08 bits per heavy atom. The quantitative estimate of drug-likeness (QED) is 0.751. The van der Waals surface area contributed by atoms with E-state index in [2.05, 4.69) is 15.5 Å². The second kappa shape index (κ2) is 9.89. The van der Waals surface area contributed by atoms with Gasteiger partial charge in [0.25, 0.3) is 0 Å². The van der Waals surface area contributed by atoms with Gasteiger partial charge in [-0.1, -0.05) is 5.16 Å². The number of hydrogen-bond acceptors (Lipinski definition) is 6. The first kappa shape index (κ1) is 19.9. The van der Waals surface area contributed by atoms with Crippen LogP contribution in [0.15, 0.2) is 28.8 Å². The number of nitrogens with zero attached hydrogens (tertiary/aromatic N) is 2. The van der Waals surface area contributed by atoms with Gasteiger partial charge in [0.1, 0.15) is 5.75 Å². The molecule has 24 heavy (non-hydrogen) atoms. The molecule has 7 nitrogen and oxygen atoms in total. The van der Waals surface area contributed by atoms with Gasteiger partial charge in [-0.15, -0.1) is 12.4 Å². The normalized spacial score (nSPS) is 11.5. The van der Waals surface area contributed by atoms with E-state index >= 15 is 0 Å². The lowest BCUT2D eigenvalue weighted by Crippen LogP contribution is -2.37. The molecule has 132 valence electrons. The van der Waals surface area contributed by atoms with Gasteiger partial charge in [0.15, 0.2) is 0 Å². The van der Waals surface area contributed by atoms with E-state index in [-0.39, 0.29) is 24.4 Å². The number of carbonyl (C=O) groups is 1. The average molecular weight is 355 g/mol. The fourth-order valence-corrected chi connectivity index (χ4v) is 2.02. The van der Waals surface area contributed by atoms with Crippen LogP contribution in [0.4, 0.5) is 0 Å². The highest BCUT2D eigenvalue weighted by Gasteiger charge is 2.10. The monoisotopic (exact) mass is 354 g/mol. The number of aromatic nitrogens is 2. The third kappa shape index (κ3) is 5.82. The maximum atomic E-state index is 11.6. The SMILES string of the molecule is COc1ccc(-c2noc(CCCC(=O)N[C@@H](C)CN)n2)cc1.Cl. The maximum absolute atomic E-state index is 11.6. The number of halogens is 1. The fraction of sp³-hybridized carbons (Fsp3) is 0.438. The molecule has 0 fully saturated rings. The third-order valence-electron chi connectivity index (χ3n) is 3.37. The standard InChI is InChI=1S/C16H22N4O3.ClH/c1-11(10-17)18-14(21)4-3-5-15-19-16(20-23-15)12-6-8-13(22-2)9-7-12;/h6-9,11H,3-5,10,17H2,1-2H3,(H,18,21);1H/t11-;/m0./s1. The second-order valence-corrected chi connectivity index (χ2v) is 5.30. The number of benzene rings is 1. The Morgan fingerprint density at radius 3 is 2.71 bits per heavy atom. The molecule has 1 heterocycles. The maximum Gasteiger partial charge on any atom is 0.226 e. The summed E-state index contributed by atoms with van der Waals surface area (Å²) >= 11 is 0. The molecule has 0 aliphatic carbocycles.